The molecule has 1 aromatic rings. The molecular formula is C8H9N3S2. The number of rotatable bonds is 1. The molecule has 1 aliphatic heterocycles. The van der Waals surface area contributed by atoms with Crippen molar-refractivity contribution in [2.24, 2.45) is 4.99 Å². The minimum Gasteiger partial charge on any atom is -0.311 e. The number of fused-ring (bicyclic) bond motifs is 1. The number of thiazole rings is 1. The second-order valence-electron chi connectivity index (χ2n) is 3.53. The molecule has 13 heavy (non-hydrogen) atoms. The van der Waals surface area contributed by atoms with Crippen molar-refractivity contribution in [3.8, 4) is 0 Å². The molecule has 0 aromatic carbocycles. The first-order chi connectivity index (χ1) is 6.26. The van der Waals surface area contributed by atoms with Gasteiger partial charge in [0.15, 0.2) is 10.3 Å². The van der Waals surface area contributed by atoms with Crippen molar-refractivity contribution in [3.05, 3.63) is 11.6 Å². The molecule has 5 heteroatoms. The van der Waals surface area contributed by atoms with Crippen LogP contribution in [0.15, 0.2) is 16.6 Å². The predicted octanol–water partition coefficient (Wildman–Crippen LogP) is 2.19. The van der Waals surface area contributed by atoms with Gasteiger partial charge >= 0.3 is 0 Å². The second-order valence-corrected chi connectivity index (χ2v) is 5.95. The number of nitrogens with one attached hydrogen (secondary N) is 1. The molecular weight excluding hydrogens is 202 g/mol. The number of anilines is 1. The Morgan fingerprint density at radius 3 is 3.23 bits per heavy atom. The third-order valence-corrected chi connectivity index (χ3v) is 4.39. The van der Waals surface area contributed by atoms with Gasteiger partial charge in [-0.2, -0.15) is 0 Å². The quantitative estimate of drug-likeness (QED) is 0.773. The summed E-state index contributed by atoms with van der Waals surface area (Å²) >= 11 is 3.45. The van der Waals surface area contributed by atoms with Gasteiger partial charge in [-0.1, -0.05) is 11.8 Å². The second kappa shape index (κ2) is 2.48. The van der Waals surface area contributed by atoms with Crippen molar-refractivity contribution < 1.29 is 0 Å². The minimum absolute atomic E-state index is 0.402. The van der Waals surface area contributed by atoms with Crippen molar-refractivity contribution in [2.75, 3.05) is 5.32 Å². The monoisotopic (exact) mass is 211 g/mol. The summed E-state index contributed by atoms with van der Waals surface area (Å²) in [6.45, 7) is 2.27. The topological polar surface area (TPSA) is 37.3 Å². The molecule has 1 aliphatic carbocycles. The molecule has 1 fully saturated rings. The summed E-state index contributed by atoms with van der Waals surface area (Å²) in [6.07, 6.45) is 3.04. The number of hydrogen-bond donors (Lipinski definition) is 1. The fourth-order valence-electron chi connectivity index (χ4n) is 1.44. The number of amidine groups is 1. The van der Waals surface area contributed by atoms with E-state index in [1.165, 1.54) is 6.42 Å². The van der Waals surface area contributed by atoms with Gasteiger partial charge in [0.2, 0.25) is 0 Å². The summed E-state index contributed by atoms with van der Waals surface area (Å²) in [5.74, 6) is 0. The van der Waals surface area contributed by atoms with E-state index < -0.39 is 0 Å². The molecule has 3 rings (SSSR count). The molecule has 2 aliphatic rings. The molecule has 68 valence electrons. The molecule has 0 radical (unpaired) electrons. The van der Waals surface area contributed by atoms with Gasteiger partial charge in [-0.15, -0.1) is 11.3 Å². The lowest BCUT2D eigenvalue weighted by Gasteiger charge is -2.04. The molecule has 1 aromatic heterocycles. The molecule has 3 nitrogen and oxygen atoms in total. The standard InChI is InChI=1S/C8H9N3S2/c1-8-4-5(8)10-7(13-8)11-6-9-2-3-12-6/h2-3,5H,4H2,1H3,(H,9,10,11). The summed E-state index contributed by atoms with van der Waals surface area (Å²) in [4.78, 5) is 8.70. The average molecular weight is 211 g/mol. The van der Waals surface area contributed by atoms with Gasteiger partial charge in [-0.25, -0.2) is 4.98 Å². The SMILES string of the molecule is CC12CC1N=C(Nc1nccs1)S2. The summed E-state index contributed by atoms with van der Waals surface area (Å²) in [6, 6.07) is 0.556. The summed E-state index contributed by atoms with van der Waals surface area (Å²) in [5.41, 5.74) is 0. The van der Waals surface area contributed by atoms with Crippen LogP contribution >= 0.6 is 23.1 Å². The lowest BCUT2D eigenvalue weighted by Crippen LogP contribution is -2.08. The molecule has 2 heterocycles. The van der Waals surface area contributed by atoms with Gasteiger partial charge in [0.25, 0.3) is 0 Å². The Morgan fingerprint density at radius 2 is 2.62 bits per heavy atom. The lowest BCUT2D eigenvalue weighted by molar-refractivity contribution is 0.968. The van der Waals surface area contributed by atoms with Crippen LogP contribution in [0.4, 0.5) is 5.13 Å². The molecule has 2 atom stereocenters. The molecule has 0 saturated heterocycles. The van der Waals surface area contributed by atoms with Crippen molar-refractivity contribution in [2.45, 2.75) is 24.1 Å². The van der Waals surface area contributed by atoms with Crippen LogP contribution in [-0.2, 0) is 0 Å². The van der Waals surface area contributed by atoms with Gasteiger partial charge in [-0.3, -0.25) is 4.99 Å². The van der Waals surface area contributed by atoms with E-state index in [2.05, 4.69) is 22.2 Å². The van der Waals surface area contributed by atoms with Crippen LogP contribution in [0.2, 0.25) is 0 Å². The highest BCUT2D eigenvalue weighted by atomic mass is 32.2. The first-order valence-electron chi connectivity index (χ1n) is 4.20. The van der Waals surface area contributed by atoms with Crippen LogP contribution in [0.25, 0.3) is 0 Å². The maximum absolute atomic E-state index is 4.54. The van der Waals surface area contributed by atoms with Crippen molar-refractivity contribution in [1.29, 1.82) is 0 Å². The van der Waals surface area contributed by atoms with Crippen LogP contribution in [0.5, 0.6) is 0 Å². The zero-order chi connectivity index (χ0) is 8.89. The van der Waals surface area contributed by atoms with Gasteiger partial charge < -0.3 is 5.32 Å². The van der Waals surface area contributed by atoms with E-state index in [0.717, 1.165) is 10.3 Å². The smallest absolute Gasteiger partial charge is 0.188 e. The van der Waals surface area contributed by atoms with Crippen LogP contribution in [-0.4, -0.2) is 20.9 Å². The fourth-order valence-corrected chi connectivity index (χ4v) is 3.23. The summed E-state index contributed by atoms with van der Waals surface area (Å²) < 4.78 is 0.402. The molecule has 0 spiro atoms. The molecule has 2 unspecified atom stereocenters. The first-order valence-corrected chi connectivity index (χ1v) is 5.89. The van der Waals surface area contributed by atoms with Gasteiger partial charge in [0.1, 0.15) is 0 Å². The Kier molecular flexibility index (Phi) is 1.49. The van der Waals surface area contributed by atoms with Crippen LogP contribution in [0, 0.1) is 0 Å². The predicted molar refractivity (Wildman–Crippen MR) is 57.6 cm³/mol. The highest BCUT2D eigenvalue weighted by Gasteiger charge is 2.56. The van der Waals surface area contributed by atoms with E-state index in [-0.39, 0.29) is 0 Å². The number of hydrogen-bond acceptors (Lipinski definition) is 5. The first kappa shape index (κ1) is 7.82. The number of nitrogens with zero attached hydrogens (tertiary/aromatic N) is 2. The van der Waals surface area contributed by atoms with Gasteiger partial charge in [0.05, 0.1) is 6.04 Å². The fraction of sp³-hybridized carbons (Fsp3) is 0.500. The van der Waals surface area contributed by atoms with Crippen LogP contribution < -0.4 is 5.32 Å². The van der Waals surface area contributed by atoms with Crippen molar-refractivity contribution >= 4 is 33.4 Å². The molecule has 0 amide bonds. The molecule has 1 saturated carbocycles. The maximum Gasteiger partial charge on any atom is 0.188 e. The Morgan fingerprint density at radius 1 is 1.69 bits per heavy atom. The van der Waals surface area contributed by atoms with E-state index in [0.29, 0.717) is 10.8 Å². The number of thioether (sulfide) groups is 1. The Bertz CT molecular complexity index is 359. The minimum atomic E-state index is 0.402. The third kappa shape index (κ3) is 1.26. The van der Waals surface area contributed by atoms with Crippen molar-refractivity contribution in [1.82, 2.24) is 4.98 Å². The lowest BCUT2D eigenvalue weighted by atomic mass is 10.5. The Labute approximate surface area is 84.7 Å². The third-order valence-electron chi connectivity index (χ3n) is 2.39. The molecule has 1 N–H and O–H groups in total. The zero-order valence-electron chi connectivity index (χ0n) is 7.15. The Balaban J connectivity index is 1.73. The normalized spacial score (nSPS) is 35.5. The van der Waals surface area contributed by atoms with Crippen LogP contribution in [0.3, 0.4) is 0 Å². The average Bonchev–Trinajstić information content (AvgIpc) is 2.55. The van der Waals surface area contributed by atoms with Gasteiger partial charge in [0, 0.05) is 16.3 Å². The van der Waals surface area contributed by atoms with E-state index in [1.54, 1.807) is 17.5 Å². The number of aliphatic imine (C=N–C) groups is 1. The largest absolute Gasteiger partial charge is 0.311 e. The van der Waals surface area contributed by atoms with E-state index in [4.69, 9.17) is 0 Å². The summed E-state index contributed by atoms with van der Waals surface area (Å²) in [5, 5.41) is 7.17. The number of aromatic nitrogens is 1. The van der Waals surface area contributed by atoms with E-state index >= 15 is 0 Å². The molecule has 0 bridgehead atoms. The highest BCUT2D eigenvalue weighted by molar-refractivity contribution is 8.16. The summed E-state index contributed by atoms with van der Waals surface area (Å²) in [7, 11) is 0. The highest BCUT2D eigenvalue weighted by Crippen LogP contribution is 2.55. The van der Waals surface area contributed by atoms with E-state index in [9.17, 15) is 0 Å². The Hall–Kier alpha value is -0.550. The van der Waals surface area contributed by atoms with Crippen LogP contribution in [0.1, 0.15) is 13.3 Å². The van der Waals surface area contributed by atoms with E-state index in [1.807, 2.05) is 17.1 Å². The maximum atomic E-state index is 4.54. The van der Waals surface area contributed by atoms with Gasteiger partial charge in [-0.05, 0) is 13.3 Å². The van der Waals surface area contributed by atoms with Crippen molar-refractivity contribution in [3.63, 3.8) is 0 Å². The zero-order valence-corrected chi connectivity index (χ0v) is 8.78.